The summed E-state index contributed by atoms with van der Waals surface area (Å²) in [6.07, 6.45) is 1.86. The van der Waals surface area contributed by atoms with E-state index in [-0.39, 0.29) is 23.7 Å². The minimum Gasteiger partial charge on any atom is -0.493 e. The topological polar surface area (TPSA) is 103 Å². The lowest BCUT2D eigenvalue weighted by molar-refractivity contribution is -0.128. The van der Waals surface area contributed by atoms with Crippen molar-refractivity contribution in [2.75, 3.05) is 34.4 Å². The molecule has 0 unspecified atom stereocenters. The molecule has 1 heterocycles. The van der Waals surface area contributed by atoms with Gasteiger partial charge in [0.05, 0.1) is 31.8 Å². The molecule has 9 heteroatoms. The number of likely N-dealkylation sites (N-methyl/N-ethyl adjacent to an activating group) is 1. The van der Waals surface area contributed by atoms with E-state index in [2.05, 4.69) is 10.4 Å². The maximum atomic E-state index is 13.1. The predicted molar refractivity (Wildman–Crippen MR) is 125 cm³/mol. The van der Waals surface area contributed by atoms with E-state index in [0.29, 0.717) is 34.5 Å². The fourth-order valence-electron chi connectivity index (χ4n) is 3.38. The SMILES string of the molecule is CCCCN(C)C(=O)CNC(=O)c1nn(-c2ccc(OC)c(OC)c2)c(=O)c2ccccc12. The molecular formula is C24H28N4O5. The second-order valence-corrected chi connectivity index (χ2v) is 7.50. The lowest BCUT2D eigenvalue weighted by Gasteiger charge is -2.17. The minimum absolute atomic E-state index is 0.0454. The number of unbranched alkanes of at least 4 members (excludes halogenated alkanes) is 1. The van der Waals surface area contributed by atoms with Gasteiger partial charge in [0.15, 0.2) is 17.2 Å². The molecule has 9 nitrogen and oxygen atoms in total. The predicted octanol–water partition coefficient (Wildman–Crippen LogP) is 2.39. The molecule has 0 fully saturated rings. The third kappa shape index (κ3) is 5.14. The van der Waals surface area contributed by atoms with Gasteiger partial charge in [-0.25, -0.2) is 0 Å². The second kappa shape index (κ2) is 10.6. The maximum Gasteiger partial charge on any atom is 0.279 e. The number of nitrogens with one attached hydrogen (secondary N) is 1. The Labute approximate surface area is 191 Å². The van der Waals surface area contributed by atoms with Gasteiger partial charge in [-0.3, -0.25) is 14.4 Å². The van der Waals surface area contributed by atoms with Gasteiger partial charge in [-0.2, -0.15) is 9.78 Å². The number of carbonyl (C=O) groups excluding carboxylic acids is 2. The molecule has 33 heavy (non-hydrogen) atoms. The van der Waals surface area contributed by atoms with Crippen molar-refractivity contribution >= 4 is 22.6 Å². The van der Waals surface area contributed by atoms with Crippen LogP contribution in [0, 0.1) is 0 Å². The Bertz CT molecular complexity index is 1220. The number of rotatable bonds is 9. The number of nitrogens with zero attached hydrogens (tertiary/aromatic N) is 3. The van der Waals surface area contributed by atoms with Gasteiger partial charge in [-0.05, 0) is 24.6 Å². The van der Waals surface area contributed by atoms with Gasteiger partial charge in [0, 0.05) is 25.0 Å². The van der Waals surface area contributed by atoms with E-state index in [0.717, 1.165) is 17.5 Å². The average molecular weight is 453 g/mol. The van der Waals surface area contributed by atoms with Crippen LogP contribution in [0.4, 0.5) is 0 Å². The monoisotopic (exact) mass is 452 g/mol. The Hall–Kier alpha value is -3.88. The van der Waals surface area contributed by atoms with Gasteiger partial charge in [0.1, 0.15) is 0 Å². The largest absolute Gasteiger partial charge is 0.493 e. The summed E-state index contributed by atoms with van der Waals surface area (Å²) in [6, 6.07) is 11.7. The van der Waals surface area contributed by atoms with Crippen LogP contribution in [0.2, 0.25) is 0 Å². The number of hydrogen-bond acceptors (Lipinski definition) is 6. The molecule has 0 aliphatic heterocycles. The van der Waals surface area contributed by atoms with Gasteiger partial charge >= 0.3 is 0 Å². The molecular weight excluding hydrogens is 424 g/mol. The highest BCUT2D eigenvalue weighted by atomic mass is 16.5. The third-order valence-electron chi connectivity index (χ3n) is 5.30. The normalized spacial score (nSPS) is 10.7. The van der Waals surface area contributed by atoms with E-state index < -0.39 is 5.91 Å². The Morgan fingerprint density at radius 2 is 1.76 bits per heavy atom. The first-order valence-electron chi connectivity index (χ1n) is 10.7. The highest BCUT2D eigenvalue weighted by Gasteiger charge is 2.19. The van der Waals surface area contributed by atoms with Crippen LogP contribution in [0.15, 0.2) is 47.3 Å². The molecule has 3 aromatic rings. The zero-order valence-electron chi connectivity index (χ0n) is 19.3. The van der Waals surface area contributed by atoms with E-state index in [1.54, 1.807) is 54.4 Å². The van der Waals surface area contributed by atoms with Crippen LogP contribution < -0.4 is 20.3 Å². The van der Waals surface area contributed by atoms with Crippen molar-refractivity contribution in [2.45, 2.75) is 19.8 Å². The van der Waals surface area contributed by atoms with Gasteiger partial charge in [0.25, 0.3) is 11.5 Å². The fraction of sp³-hybridized carbons (Fsp3) is 0.333. The van der Waals surface area contributed by atoms with Crippen molar-refractivity contribution in [1.29, 1.82) is 0 Å². The number of carbonyl (C=O) groups is 2. The van der Waals surface area contributed by atoms with E-state index in [1.807, 2.05) is 6.92 Å². The molecule has 0 saturated heterocycles. The number of hydrogen-bond donors (Lipinski definition) is 1. The maximum absolute atomic E-state index is 13.1. The van der Waals surface area contributed by atoms with E-state index >= 15 is 0 Å². The fourth-order valence-corrected chi connectivity index (χ4v) is 3.38. The van der Waals surface area contributed by atoms with Crippen LogP contribution in [0.25, 0.3) is 16.5 Å². The number of benzene rings is 2. The van der Waals surface area contributed by atoms with Crippen LogP contribution >= 0.6 is 0 Å². The molecule has 0 aliphatic carbocycles. The van der Waals surface area contributed by atoms with Gasteiger partial charge < -0.3 is 19.7 Å². The van der Waals surface area contributed by atoms with E-state index in [1.165, 1.54) is 14.2 Å². The van der Waals surface area contributed by atoms with E-state index in [4.69, 9.17) is 9.47 Å². The van der Waals surface area contributed by atoms with Gasteiger partial charge in [-0.15, -0.1) is 0 Å². The summed E-state index contributed by atoms with van der Waals surface area (Å²) in [5.41, 5.74) is 0.0709. The zero-order valence-corrected chi connectivity index (χ0v) is 19.3. The molecule has 174 valence electrons. The quantitative estimate of drug-likeness (QED) is 0.535. The molecule has 2 aromatic carbocycles. The Morgan fingerprint density at radius 3 is 2.42 bits per heavy atom. The van der Waals surface area contributed by atoms with Crippen LogP contribution in [0.1, 0.15) is 30.3 Å². The van der Waals surface area contributed by atoms with Gasteiger partial charge in [0.2, 0.25) is 5.91 Å². The Balaban J connectivity index is 1.99. The third-order valence-corrected chi connectivity index (χ3v) is 5.30. The molecule has 1 N–H and O–H groups in total. The smallest absolute Gasteiger partial charge is 0.279 e. The summed E-state index contributed by atoms with van der Waals surface area (Å²) >= 11 is 0. The van der Waals surface area contributed by atoms with Crippen molar-refractivity contribution in [3.05, 3.63) is 58.5 Å². The van der Waals surface area contributed by atoms with Crippen LogP contribution in [0.5, 0.6) is 11.5 Å². The molecule has 3 rings (SSSR count). The summed E-state index contributed by atoms with van der Waals surface area (Å²) in [7, 11) is 4.71. The molecule has 0 bridgehead atoms. The van der Waals surface area contributed by atoms with Crippen molar-refractivity contribution in [3.63, 3.8) is 0 Å². The average Bonchev–Trinajstić information content (AvgIpc) is 2.85. The number of aromatic nitrogens is 2. The van der Waals surface area contributed by atoms with Crippen molar-refractivity contribution < 1.29 is 19.1 Å². The molecule has 0 radical (unpaired) electrons. The lowest BCUT2D eigenvalue weighted by atomic mass is 10.1. The summed E-state index contributed by atoms with van der Waals surface area (Å²) < 4.78 is 11.7. The lowest BCUT2D eigenvalue weighted by Crippen LogP contribution is -2.39. The minimum atomic E-state index is -0.544. The van der Waals surface area contributed by atoms with Crippen molar-refractivity contribution in [3.8, 4) is 17.2 Å². The number of fused-ring (bicyclic) bond motifs is 1. The zero-order chi connectivity index (χ0) is 24.0. The number of methoxy groups -OCH3 is 2. The first-order chi connectivity index (χ1) is 15.9. The van der Waals surface area contributed by atoms with Crippen LogP contribution in [-0.4, -0.2) is 60.9 Å². The second-order valence-electron chi connectivity index (χ2n) is 7.50. The Kier molecular flexibility index (Phi) is 7.66. The molecule has 0 atom stereocenters. The number of ether oxygens (including phenoxy) is 2. The first kappa shape index (κ1) is 23.8. The summed E-state index contributed by atoms with van der Waals surface area (Å²) in [5.74, 6) is 0.175. The molecule has 1 aromatic heterocycles. The summed E-state index contributed by atoms with van der Waals surface area (Å²) in [6.45, 7) is 2.51. The summed E-state index contributed by atoms with van der Waals surface area (Å²) in [4.78, 5) is 40.1. The highest BCUT2D eigenvalue weighted by molar-refractivity contribution is 6.05. The molecule has 0 saturated carbocycles. The molecule has 2 amide bonds. The van der Waals surface area contributed by atoms with E-state index in [9.17, 15) is 14.4 Å². The van der Waals surface area contributed by atoms with Gasteiger partial charge in [-0.1, -0.05) is 31.5 Å². The standard InChI is InChI=1S/C24H28N4O5/c1-5-6-13-27(2)21(29)15-25-23(30)22-17-9-7-8-10-18(17)24(31)28(26-22)16-11-12-19(32-3)20(14-16)33-4/h7-12,14H,5-6,13,15H2,1-4H3,(H,25,30). The first-order valence-corrected chi connectivity index (χ1v) is 10.7. The van der Waals surface area contributed by atoms with Crippen molar-refractivity contribution in [2.24, 2.45) is 0 Å². The number of amides is 2. The van der Waals surface area contributed by atoms with Crippen LogP contribution in [-0.2, 0) is 4.79 Å². The molecule has 0 spiro atoms. The Morgan fingerprint density at radius 1 is 1.06 bits per heavy atom. The summed E-state index contributed by atoms with van der Waals surface area (Å²) in [5, 5.41) is 7.72. The van der Waals surface area contributed by atoms with Crippen molar-refractivity contribution in [1.82, 2.24) is 20.0 Å². The molecule has 0 aliphatic rings. The van der Waals surface area contributed by atoms with Crippen LogP contribution in [0.3, 0.4) is 0 Å². The highest BCUT2D eigenvalue weighted by Crippen LogP contribution is 2.28.